The van der Waals surface area contributed by atoms with E-state index in [1.165, 1.54) is 29.9 Å². The first-order valence-corrected chi connectivity index (χ1v) is 9.08. The minimum Gasteiger partial charge on any atom is -0.434 e. The predicted molar refractivity (Wildman–Crippen MR) is 104 cm³/mol. The fourth-order valence-corrected chi connectivity index (χ4v) is 3.21. The van der Waals surface area contributed by atoms with E-state index in [1.54, 1.807) is 0 Å². The molecule has 1 aromatic carbocycles. The molecule has 8 nitrogen and oxygen atoms in total. The number of ketones is 1. The van der Waals surface area contributed by atoms with Gasteiger partial charge < -0.3 is 4.74 Å². The number of hydrogen-bond donors (Lipinski definition) is 1. The molecule has 1 amide bonds. The van der Waals surface area contributed by atoms with Crippen LogP contribution in [0.3, 0.4) is 0 Å². The third kappa shape index (κ3) is 3.93. The Kier molecular flexibility index (Phi) is 5.53. The molecule has 10 heteroatoms. The maximum Gasteiger partial charge on any atom is 0.270 e. The summed E-state index contributed by atoms with van der Waals surface area (Å²) in [6.45, 7) is 3.77. The Bertz CT molecular complexity index is 1050. The predicted octanol–water partition coefficient (Wildman–Crippen LogP) is 2.80. The number of carbonyl (C=O) groups is 2. The number of aryl methyl sites for hydroxylation is 1. The molecule has 1 aromatic heterocycles. The van der Waals surface area contributed by atoms with Crippen LogP contribution in [-0.4, -0.2) is 27.2 Å². The van der Waals surface area contributed by atoms with E-state index in [-0.39, 0.29) is 45.3 Å². The van der Waals surface area contributed by atoms with E-state index in [9.17, 15) is 14.4 Å². The van der Waals surface area contributed by atoms with Crippen molar-refractivity contribution in [2.45, 2.75) is 26.2 Å². The van der Waals surface area contributed by atoms with E-state index in [0.29, 0.717) is 11.1 Å². The maximum absolute atomic E-state index is 12.1. The first kappa shape index (κ1) is 20.0. The average molecular weight is 423 g/mol. The summed E-state index contributed by atoms with van der Waals surface area (Å²) < 4.78 is 6.90. The fourth-order valence-electron chi connectivity index (χ4n) is 2.64. The molecule has 1 aliphatic rings. The topological polar surface area (TPSA) is 103 Å². The lowest BCUT2D eigenvalue weighted by molar-refractivity contribution is -0.126. The Morgan fingerprint density at radius 2 is 1.79 bits per heavy atom. The molecule has 3 rings (SSSR count). The Morgan fingerprint density at radius 3 is 2.36 bits per heavy atom. The molecule has 0 bridgehead atoms. The molecule has 0 aliphatic carbocycles. The lowest BCUT2D eigenvalue weighted by Gasteiger charge is -2.15. The Hall–Kier alpha value is -2.71. The molecule has 0 fully saturated rings. The highest BCUT2D eigenvalue weighted by Crippen LogP contribution is 2.37. The van der Waals surface area contributed by atoms with Crippen LogP contribution in [0, 0.1) is 0 Å². The second kappa shape index (κ2) is 7.73. The number of hydrazone groups is 1. The molecule has 1 aliphatic heterocycles. The van der Waals surface area contributed by atoms with Gasteiger partial charge in [0.25, 0.3) is 5.56 Å². The van der Waals surface area contributed by atoms with Gasteiger partial charge in [-0.05, 0) is 18.1 Å². The van der Waals surface area contributed by atoms with Crippen LogP contribution >= 0.6 is 23.2 Å². The van der Waals surface area contributed by atoms with Crippen LogP contribution in [-0.2, 0) is 16.6 Å². The normalized spacial score (nSPS) is 14.1. The summed E-state index contributed by atoms with van der Waals surface area (Å²) in [5.74, 6) is -0.664. The number of amides is 1. The van der Waals surface area contributed by atoms with Gasteiger partial charge >= 0.3 is 0 Å². The van der Waals surface area contributed by atoms with Crippen molar-refractivity contribution in [1.82, 2.24) is 15.2 Å². The summed E-state index contributed by atoms with van der Waals surface area (Å²) >= 11 is 12.6. The zero-order valence-corrected chi connectivity index (χ0v) is 16.8. The zero-order chi connectivity index (χ0) is 20.6. The van der Waals surface area contributed by atoms with Crippen LogP contribution in [0.15, 0.2) is 28.1 Å². The van der Waals surface area contributed by atoms with Crippen LogP contribution < -0.4 is 15.7 Å². The van der Waals surface area contributed by atoms with Gasteiger partial charge in [0.2, 0.25) is 11.8 Å². The number of Topliss-reactive ketones (excluding diaryl/α,β-unsaturated/α-hetero) is 1. The zero-order valence-electron chi connectivity index (χ0n) is 15.2. The number of aromatic nitrogens is 2. The maximum atomic E-state index is 12.1. The van der Waals surface area contributed by atoms with Crippen molar-refractivity contribution in [3.63, 3.8) is 0 Å². The number of nitrogens with one attached hydrogen (secondary N) is 1. The van der Waals surface area contributed by atoms with Crippen LogP contribution in [0.5, 0.6) is 11.6 Å². The number of hydrogen-bond acceptors (Lipinski definition) is 6. The van der Waals surface area contributed by atoms with E-state index in [4.69, 9.17) is 27.9 Å². The van der Waals surface area contributed by atoms with Gasteiger partial charge in [-0.2, -0.15) is 5.10 Å². The number of halogens is 2. The molecule has 0 spiro atoms. The third-order valence-electron chi connectivity index (χ3n) is 4.05. The molecule has 0 radical (unpaired) electrons. The summed E-state index contributed by atoms with van der Waals surface area (Å²) in [6.07, 6.45) is -0.299. The summed E-state index contributed by atoms with van der Waals surface area (Å²) in [6, 6.07) is 4.46. The molecule has 0 atom stereocenters. The van der Waals surface area contributed by atoms with Gasteiger partial charge in [0.1, 0.15) is 5.71 Å². The highest BCUT2D eigenvalue weighted by molar-refractivity contribution is 6.50. The van der Waals surface area contributed by atoms with Gasteiger partial charge in [0, 0.05) is 24.2 Å². The van der Waals surface area contributed by atoms with E-state index >= 15 is 0 Å². The molecule has 28 heavy (non-hydrogen) atoms. The summed E-state index contributed by atoms with van der Waals surface area (Å²) in [7, 11) is 1.52. The van der Waals surface area contributed by atoms with Gasteiger partial charge in [-0.25, -0.2) is 10.1 Å². The van der Waals surface area contributed by atoms with Crippen molar-refractivity contribution < 1.29 is 14.3 Å². The summed E-state index contributed by atoms with van der Waals surface area (Å²) in [4.78, 5) is 35.4. The molecular formula is C18H16Cl2N4O4. The second-order valence-corrected chi connectivity index (χ2v) is 7.30. The Labute approximate surface area is 170 Å². The molecule has 1 N–H and O–H groups in total. The largest absolute Gasteiger partial charge is 0.434 e. The monoisotopic (exact) mass is 422 g/mol. The quantitative estimate of drug-likeness (QED) is 0.762. The smallest absolute Gasteiger partial charge is 0.270 e. The summed E-state index contributed by atoms with van der Waals surface area (Å²) in [5.41, 5.74) is 2.97. The van der Waals surface area contributed by atoms with Gasteiger partial charge in [0.15, 0.2) is 11.5 Å². The van der Waals surface area contributed by atoms with Crippen molar-refractivity contribution in [2.24, 2.45) is 12.1 Å². The molecule has 0 saturated heterocycles. The highest BCUT2D eigenvalue weighted by Gasteiger charge is 2.24. The first-order valence-electron chi connectivity index (χ1n) is 8.32. The molecule has 0 unspecified atom stereocenters. The van der Waals surface area contributed by atoms with E-state index < -0.39 is 11.7 Å². The van der Waals surface area contributed by atoms with Crippen molar-refractivity contribution in [3.05, 3.63) is 49.7 Å². The highest BCUT2D eigenvalue weighted by atomic mass is 35.5. The van der Waals surface area contributed by atoms with Gasteiger partial charge in [-0.3, -0.25) is 14.4 Å². The lowest BCUT2D eigenvalue weighted by atomic mass is 10.0. The SMILES string of the molecule is CC(C)c1cc(Oc2c(Cl)cc(C3=NNC(=O)CC3=O)cc2Cl)nn(C)c1=O. The molecule has 2 heterocycles. The molecule has 2 aromatic rings. The van der Waals surface area contributed by atoms with Crippen molar-refractivity contribution >= 4 is 40.6 Å². The second-order valence-electron chi connectivity index (χ2n) is 6.49. The van der Waals surface area contributed by atoms with Crippen molar-refractivity contribution in [1.29, 1.82) is 0 Å². The average Bonchev–Trinajstić information content (AvgIpc) is 2.60. The van der Waals surface area contributed by atoms with Crippen LogP contribution in [0.4, 0.5) is 0 Å². The van der Waals surface area contributed by atoms with E-state index in [1.807, 2.05) is 13.8 Å². The molecule has 0 saturated carbocycles. The minimum absolute atomic E-state index is 0.0251. The van der Waals surface area contributed by atoms with Crippen LogP contribution in [0.25, 0.3) is 0 Å². The first-order chi connectivity index (χ1) is 13.2. The van der Waals surface area contributed by atoms with Crippen molar-refractivity contribution in [2.75, 3.05) is 0 Å². The van der Waals surface area contributed by atoms with Gasteiger partial charge in [-0.15, -0.1) is 5.10 Å². The van der Waals surface area contributed by atoms with Crippen LogP contribution in [0.2, 0.25) is 10.0 Å². The number of nitrogens with zero attached hydrogens (tertiary/aromatic N) is 3. The third-order valence-corrected chi connectivity index (χ3v) is 4.61. The molecular weight excluding hydrogens is 407 g/mol. The molecule has 146 valence electrons. The number of benzene rings is 1. The number of carbonyl (C=O) groups excluding carboxylic acids is 2. The fraction of sp³-hybridized carbons (Fsp3) is 0.278. The van der Waals surface area contributed by atoms with Gasteiger partial charge in [-0.1, -0.05) is 37.0 Å². The Morgan fingerprint density at radius 1 is 1.14 bits per heavy atom. The van der Waals surface area contributed by atoms with Crippen LogP contribution in [0.1, 0.15) is 37.3 Å². The number of ether oxygens (including phenoxy) is 1. The lowest BCUT2D eigenvalue weighted by Crippen LogP contribution is -2.33. The van der Waals surface area contributed by atoms with E-state index in [0.717, 1.165) is 0 Å². The standard InChI is InChI=1S/C18H16Cl2N4O4/c1-8(2)10-6-15(23-24(3)18(10)27)28-17-11(19)4-9(5-12(17)20)16-13(25)7-14(26)21-22-16/h4-6,8H,7H2,1-3H3,(H,21,26). The minimum atomic E-state index is -0.479. The number of rotatable bonds is 4. The van der Waals surface area contributed by atoms with Crippen molar-refractivity contribution in [3.8, 4) is 11.6 Å². The van der Waals surface area contributed by atoms with Gasteiger partial charge in [0.05, 0.1) is 16.5 Å². The Balaban J connectivity index is 1.98. The summed E-state index contributed by atoms with van der Waals surface area (Å²) in [5, 5.41) is 8.08. The van der Waals surface area contributed by atoms with E-state index in [2.05, 4.69) is 15.6 Å².